The van der Waals surface area contributed by atoms with Gasteiger partial charge in [0.15, 0.2) is 10.9 Å². The van der Waals surface area contributed by atoms with Crippen molar-refractivity contribution in [1.82, 2.24) is 9.38 Å². The number of carbonyl (C=O) groups excluding carboxylic acids is 1. The fraction of sp³-hybridized carbons (Fsp3) is 0.125. The van der Waals surface area contributed by atoms with Gasteiger partial charge < -0.3 is 0 Å². The molecule has 3 nitrogen and oxygen atoms in total. The Hall–Kier alpha value is -2.21. The highest BCUT2D eigenvalue weighted by Crippen LogP contribution is 2.26. The van der Waals surface area contributed by atoms with Gasteiger partial charge in [-0.1, -0.05) is 17.8 Å². The van der Waals surface area contributed by atoms with E-state index in [4.69, 9.17) is 0 Å². The van der Waals surface area contributed by atoms with Crippen LogP contribution < -0.4 is 0 Å². The van der Waals surface area contributed by atoms with Crippen LogP contribution in [0.15, 0.2) is 53.9 Å². The van der Waals surface area contributed by atoms with Crippen molar-refractivity contribution in [2.45, 2.75) is 17.3 Å². The molecule has 0 bridgehead atoms. The van der Waals surface area contributed by atoms with Crippen LogP contribution in [0.5, 0.6) is 0 Å². The lowest BCUT2D eigenvalue weighted by atomic mass is 10.1. The molecule has 0 N–H and O–H groups in total. The van der Waals surface area contributed by atoms with Gasteiger partial charge in [-0.25, -0.2) is 13.8 Å². The van der Waals surface area contributed by atoms with Gasteiger partial charge in [0.05, 0.1) is 22.5 Å². The summed E-state index contributed by atoms with van der Waals surface area (Å²) in [7, 11) is 0. The highest BCUT2D eigenvalue weighted by Gasteiger charge is 2.21. The summed E-state index contributed by atoms with van der Waals surface area (Å²) in [6, 6.07) is 8.64. The first-order valence-electron chi connectivity index (χ1n) is 6.64. The lowest BCUT2D eigenvalue weighted by Gasteiger charge is -2.10. The first kappa shape index (κ1) is 14.7. The van der Waals surface area contributed by atoms with Gasteiger partial charge in [-0.2, -0.15) is 0 Å². The molecule has 1 aromatic carbocycles. The number of carbonyl (C=O) groups is 1. The molecule has 0 aliphatic rings. The van der Waals surface area contributed by atoms with E-state index in [9.17, 15) is 13.6 Å². The van der Waals surface area contributed by atoms with Gasteiger partial charge in [-0.15, -0.1) is 0 Å². The maximum absolute atomic E-state index is 13.7. The molecule has 0 spiro atoms. The molecule has 0 fully saturated rings. The van der Waals surface area contributed by atoms with Crippen LogP contribution in [0.4, 0.5) is 8.78 Å². The van der Waals surface area contributed by atoms with Gasteiger partial charge in [0.2, 0.25) is 0 Å². The van der Waals surface area contributed by atoms with Crippen LogP contribution in [0.1, 0.15) is 17.3 Å². The average Bonchev–Trinajstić information content (AvgIpc) is 2.90. The average molecular weight is 318 g/mol. The molecular weight excluding hydrogens is 306 g/mol. The van der Waals surface area contributed by atoms with Crippen LogP contribution >= 0.6 is 11.8 Å². The number of imidazole rings is 1. The predicted octanol–water partition coefficient (Wildman–Crippen LogP) is 3.98. The zero-order valence-electron chi connectivity index (χ0n) is 11.7. The van der Waals surface area contributed by atoms with E-state index in [1.54, 1.807) is 13.1 Å². The fourth-order valence-electron chi connectivity index (χ4n) is 2.13. The van der Waals surface area contributed by atoms with Crippen LogP contribution in [-0.2, 0) is 0 Å². The van der Waals surface area contributed by atoms with Gasteiger partial charge in [0, 0.05) is 12.3 Å². The lowest BCUT2D eigenvalue weighted by molar-refractivity contribution is 0.0990. The Balaban J connectivity index is 1.84. The molecule has 0 aliphatic carbocycles. The molecular formula is C16H12F2N2OS. The predicted molar refractivity (Wildman–Crippen MR) is 81.2 cm³/mol. The summed E-state index contributed by atoms with van der Waals surface area (Å²) in [5.74, 6) is -1.94. The molecule has 0 saturated carbocycles. The molecule has 0 saturated heterocycles. The SMILES string of the molecule is CC(Sc1ncc2ccccn12)C(=O)c1ccc(F)cc1F. The zero-order chi connectivity index (χ0) is 15.7. The summed E-state index contributed by atoms with van der Waals surface area (Å²) in [6.07, 6.45) is 3.55. The number of hydrogen-bond acceptors (Lipinski definition) is 3. The Morgan fingerprint density at radius 2 is 2.09 bits per heavy atom. The van der Waals surface area contributed by atoms with E-state index >= 15 is 0 Å². The summed E-state index contributed by atoms with van der Waals surface area (Å²) in [5.41, 5.74) is 0.805. The van der Waals surface area contributed by atoms with E-state index in [1.807, 2.05) is 28.8 Å². The molecule has 3 rings (SSSR count). The highest BCUT2D eigenvalue weighted by molar-refractivity contribution is 8.00. The van der Waals surface area contributed by atoms with E-state index in [0.717, 1.165) is 17.6 Å². The van der Waals surface area contributed by atoms with Crippen LogP contribution in [0.25, 0.3) is 5.52 Å². The second kappa shape index (κ2) is 5.88. The van der Waals surface area contributed by atoms with Crippen molar-refractivity contribution in [3.05, 3.63) is 66.0 Å². The van der Waals surface area contributed by atoms with Crippen LogP contribution in [0.3, 0.4) is 0 Å². The number of ketones is 1. The molecule has 22 heavy (non-hydrogen) atoms. The first-order chi connectivity index (χ1) is 10.6. The Morgan fingerprint density at radius 1 is 1.27 bits per heavy atom. The largest absolute Gasteiger partial charge is 0.295 e. The highest BCUT2D eigenvalue weighted by atomic mass is 32.2. The van der Waals surface area contributed by atoms with Crippen LogP contribution in [-0.4, -0.2) is 20.4 Å². The Bertz CT molecular complexity index is 847. The molecule has 112 valence electrons. The molecule has 1 atom stereocenters. The van der Waals surface area contributed by atoms with Gasteiger partial charge in [0.25, 0.3) is 0 Å². The third kappa shape index (κ3) is 2.74. The first-order valence-corrected chi connectivity index (χ1v) is 7.52. The van der Waals surface area contributed by atoms with Gasteiger partial charge in [0.1, 0.15) is 11.6 Å². The number of fused-ring (bicyclic) bond motifs is 1. The molecule has 6 heteroatoms. The molecule has 0 aliphatic heterocycles. The maximum atomic E-state index is 13.7. The molecule has 2 aromatic heterocycles. The third-order valence-corrected chi connectivity index (χ3v) is 4.33. The number of Topliss-reactive ketones (excluding diaryl/α,β-unsaturated/α-hetero) is 1. The van der Waals surface area contributed by atoms with Crippen molar-refractivity contribution in [1.29, 1.82) is 0 Å². The molecule has 0 radical (unpaired) electrons. The van der Waals surface area contributed by atoms with Gasteiger partial charge in [-0.05, 0) is 31.2 Å². The Kier molecular flexibility index (Phi) is 3.94. The van der Waals surface area contributed by atoms with Gasteiger partial charge >= 0.3 is 0 Å². The normalized spacial score (nSPS) is 12.5. The standard InChI is InChI=1S/C16H12F2N2OS/c1-10(15(21)13-6-5-11(17)8-14(13)18)22-16-19-9-12-4-2-3-7-20(12)16/h2-10H,1H3. The molecule has 3 aromatic rings. The summed E-state index contributed by atoms with van der Waals surface area (Å²) >= 11 is 1.24. The number of pyridine rings is 1. The van der Waals surface area contributed by atoms with Crippen LogP contribution in [0.2, 0.25) is 0 Å². The van der Waals surface area contributed by atoms with Crippen molar-refractivity contribution in [2.24, 2.45) is 0 Å². The summed E-state index contributed by atoms with van der Waals surface area (Å²) in [4.78, 5) is 16.6. The quantitative estimate of drug-likeness (QED) is 0.539. The Morgan fingerprint density at radius 3 is 2.86 bits per heavy atom. The minimum atomic E-state index is -0.842. The monoisotopic (exact) mass is 318 g/mol. The van der Waals surface area contributed by atoms with Crippen molar-refractivity contribution >= 4 is 23.1 Å². The lowest BCUT2D eigenvalue weighted by Crippen LogP contribution is -2.15. The smallest absolute Gasteiger partial charge is 0.178 e. The number of hydrogen-bond donors (Lipinski definition) is 0. The second-order valence-corrected chi connectivity index (χ2v) is 6.09. The zero-order valence-corrected chi connectivity index (χ0v) is 12.5. The van der Waals surface area contributed by atoms with Gasteiger partial charge in [-0.3, -0.25) is 9.20 Å². The minimum absolute atomic E-state index is 0.109. The number of rotatable bonds is 4. The minimum Gasteiger partial charge on any atom is -0.295 e. The summed E-state index contributed by atoms with van der Waals surface area (Å²) in [6.45, 7) is 1.68. The molecule has 2 heterocycles. The van der Waals surface area contributed by atoms with Crippen molar-refractivity contribution < 1.29 is 13.6 Å². The van der Waals surface area contributed by atoms with Crippen LogP contribution in [0, 0.1) is 11.6 Å². The second-order valence-electron chi connectivity index (χ2n) is 4.78. The summed E-state index contributed by atoms with van der Waals surface area (Å²) in [5, 5.41) is 0.115. The van der Waals surface area contributed by atoms with E-state index < -0.39 is 22.7 Å². The third-order valence-electron chi connectivity index (χ3n) is 3.25. The maximum Gasteiger partial charge on any atom is 0.178 e. The summed E-state index contributed by atoms with van der Waals surface area (Å²) < 4.78 is 28.5. The number of halogens is 2. The van der Waals surface area contributed by atoms with Crippen molar-refractivity contribution in [3.8, 4) is 0 Å². The fourth-order valence-corrected chi connectivity index (χ4v) is 3.07. The number of thioether (sulfide) groups is 1. The number of aromatic nitrogens is 2. The van der Waals surface area contributed by atoms with Crippen molar-refractivity contribution in [2.75, 3.05) is 0 Å². The molecule has 0 amide bonds. The van der Waals surface area contributed by atoms with E-state index in [-0.39, 0.29) is 5.56 Å². The van der Waals surface area contributed by atoms with E-state index in [1.165, 1.54) is 17.8 Å². The van der Waals surface area contributed by atoms with E-state index in [0.29, 0.717) is 5.16 Å². The van der Waals surface area contributed by atoms with Crippen molar-refractivity contribution in [3.63, 3.8) is 0 Å². The Labute approximate surface area is 130 Å². The van der Waals surface area contributed by atoms with E-state index in [2.05, 4.69) is 4.98 Å². The number of benzene rings is 1. The topological polar surface area (TPSA) is 34.4 Å². The number of nitrogens with zero attached hydrogens (tertiary/aromatic N) is 2. The molecule has 1 unspecified atom stereocenters.